The van der Waals surface area contributed by atoms with Crippen molar-refractivity contribution in [3.8, 4) is 0 Å². The fourth-order valence-corrected chi connectivity index (χ4v) is 2.11. The molecule has 1 aromatic carbocycles. The van der Waals surface area contributed by atoms with E-state index in [1.165, 1.54) is 4.90 Å². The van der Waals surface area contributed by atoms with E-state index in [1.807, 2.05) is 37.6 Å². The third-order valence-corrected chi connectivity index (χ3v) is 3.48. The van der Waals surface area contributed by atoms with Gasteiger partial charge < -0.3 is 10.6 Å². The molecule has 4 heteroatoms. The third kappa shape index (κ3) is 4.70. The van der Waals surface area contributed by atoms with Crippen LogP contribution in [0.25, 0.3) is 0 Å². The molecule has 3 nitrogen and oxygen atoms in total. The lowest BCUT2D eigenvalue weighted by Gasteiger charge is -2.24. The van der Waals surface area contributed by atoms with Crippen molar-refractivity contribution >= 4 is 17.7 Å². The molecule has 0 aliphatic rings. The Bertz CT molecular complexity index is 387. The normalized spacial score (nSPS) is 11.3. The molecule has 2 N–H and O–H groups in total. The summed E-state index contributed by atoms with van der Waals surface area (Å²) in [5.41, 5.74) is 0.775. The number of hydrogen-bond acceptors (Lipinski definition) is 3. The monoisotopic (exact) mass is 266 g/mol. The highest BCUT2D eigenvalue weighted by atomic mass is 32.2. The Kier molecular flexibility index (Phi) is 5.69. The van der Waals surface area contributed by atoms with Gasteiger partial charge in [-0.15, -0.1) is 11.8 Å². The van der Waals surface area contributed by atoms with Crippen LogP contribution in [0.1, 0.15) is 24.2 Å². The zero-order valence-corrected chi connectivity index (χ0v) is 12.4. The fourth-order valence-electron chi connectivity index (χ4n) is 1.71. The molecular formula is C14H22N2OS. The summed E-state index contributed by atoms with van der Waals surface area (Å²) >= 11 is 1.67. The van der Waals surface area contributed by atoms with Gasteiger partial charge in [0.2, 0.25) is 0 Å². The van der Waals surface area contributed by atoms with Crippen LogP contribution in [0, 0.1) is 5.41 Å². The molecule has 100 valence electrons. The molecule has 0 fully saturated rings. The number of rotatable bonds is 6. The molecule has 18 heavy (non-hydrogen) atoms. The van der Waals surface area contributed by atoms with E-state index in [0.29, 0.717) is 12.1 Å². The second-order valence-corrected chi connectivity index (χ2v) is 5.99. The molecule has 0 aliphatic carbocycles. The number of benzene rings is 1. The van der Waals surface area contributed by atoms with Gasteiger partial charge in [-0.1, -0.05) is 13.8 Å². The molecule has 0 atom stereocenters. The Morgan fingerprint density at radius 1 is 1.22 bits per heavy atom. The van der Waals surface area contributed by atoms with Crippen molar-refractivity contribution in [3.05, 3.63) is 29.8 Å². The van der Waals surface area contributed by atoms with Gasteiger partial charge in [0.15, 0.2) is 0 Å². The molecule has 1 aromatic rings. The molecule has 1 rings (SSSR count). The standard InChI is InChI=1S/C14H22N2OS/c1-14(2,9-15-3)10-16-13(17)11-5-7-12(18-4)8-6-11/h5-8,15H,9-10H2,1-4H3,(H,16,17). The second kappa shape index (κ2) is 6.81. The van der Waals surface area contributed by atoms with Crippen molar-refractivity contribution in [1.82, 2.24) is 10.6 Å². The number of amides is 1. The minimum Gasteiger partial charge on any atom is -0.351 e. The van der Waals surface area contributed by atoms with E-state index in [9.17, 15) is 4.79 Å². The lowest BCUT2D eigenvalue weighted by Crippen LogP contribution is -2.39. The zero-order chi connectivity index (χ0) is 13.6. The van der Waals surface area contributed by atoms with E-state index in [0.717, 1.165) is 6.54 Å². The average molecular weight is 266 g/mol. The van der Waals surface area contributed by atoms with Gasteiger partial charge in [0.25, 0.3) is 5.91 Å². The maximum Gasteiger partial charge on any atom is 0.251 e. The number of hydrogen-bond donors (Lipinski definition) is 2. The van der Waals surface area contributed by atoms with Crippen molar-refractivity contribution in [2.75, 3.05) is 26.4 Å². The maximum absolute atomic E-state index is 12.0. The van der Waals surface area contributed by atoms with Crippen LogP contribution in [-0.2, 0) is 0 Å². The SMILES string of the molecule is CNCC(C)(C)CNC(=O)c1ccc(SC)cc1. The van der Waals surface area contributed by atoms with Crippen molar-refractivity contribution in [3.63, 3.8) is 0 Å². The van der Waals surface area contributed by atoms with Crippen LogP contribution in [-0.4, -0.2) is 32.3 Å². The molecule has 0 saturated heterocycles. The minimum atomic E-state index is -0.00756. The summed E-state index contributed by atoms with van der Waals surface area (Å²) in [6.07, 6.45) is 2.02. The summed E-state index contributed by atoms with van der Waals surface area (Å²) in [6, 6.07) is 7.68. The molecule has 0 unspecified atom stereocenters. The molecule has 0 heterocycles. The molecule has 0 radical (unpaired) electrons. The predicted molar refractivity (Wildman–Crippen MR) is 78.3 cm³/mol. The smallest absolute Gasteiger partial charge is 0.251 e. The lowest BCUT2D eigenvalue weighted by atomic mass is 9.93. The van der Waals surface area contributed by atoms with E-state index in [1.54, 1.807) is 11.8 Å². The highest BCUT2D eigenvalue weighted by molar-refractivity contribution is 7.98. The van der Waals surface area contributed by atoms with Crippen LogP contribution in [0.15, 0.2) is 29.2 Å². The quantitative estimate of drug-likeness (QED) is 0.777. The Morgan fingerprint density at radius 2 is 1.83 bits per heavy atom. The summed E-state index contributed by atoms with van der Waals surface area (Å²) < 4.78 is 0. The van der Waals surface area contributed by atoms with Crippen molar-refractivity contribution in [1.29, 1.82) is 0 Å². The fraction of sp³-hybridized carbons (Fsp3) is 0.500. The first-order chi connectivity index (χ1) is 8.48. The highest BCUT2D eigenvalue weighted by Crippen LogP contribution is 2.15. The van der Waals surface area contributed by atoms with Gasteiger partial charge in [-0.2, -0.15) is 0 Å². The maximum atomic E-state index is 12.0. The molecular weight excluding hydrogens is 244 g/mol. The molecule has 0 bridgehead atoms. The van der Waals surface area contributed by atoms with E-state index < -0.39 is 0 Å². The average Bonchev–Trinajstić information content (AvgIpc) is 2.36. The highest BCUT2D eigenvalue weighted by Gasteiger charge is 2.18. The predicted octanol–water partition coefficient (Wildman–Crippen LogP) is 2.38. The zero-order valence-electron chi connectivity index (χ0n) is 11.5. The lowest BCUT2D eigenvalue weighted by molar-refractivity contribution is 0.0936. The second-order valence-electron chi connectivity index (χ2n) is 5.11. The summed E-state index contributed by atoms with van der Waals surface area (Å²) in [5, 5.41) is 6.11. The van der Waals surface area contributed by atoms with Gasteiger partial charge >= 0.3 is 0 Å². The first kappa shape index (κ1) is 15.1. The molecule has 1 amide bonds. The first-order valence-corrected chi connectivity index (χ1v) is 7.28. The topological polar surface area (TPSA) is 41.1 Å². The number of nitrogens with one attached hydrogen (secondary N) is 2. The summed E-state index contributed by atoms with van der Waals surface area (Å²) in [7, 11) is 1.92. The van der Waals surface area contributed by atoms with Crippen LogP contribution in [0.5, 0.6) is 0 Å². The Balaban J connectivity index is 2.54. The number of carbonyl (C=O) groups is 1. The van der Waals surface area contributed by atoms with Crippen molar-refractivity contribution < 1.29 is 4.79 Å². The van der Waals surface area contributed by atoms with Crippen molar-refractivity contribution in [2.24, 2.45) is 5.41 Å². The summed E-state index contributed by atoms with van der Waals surface area (Å²) in [6.45, 7) is 5.79. The third-order valence-electron chi connectivity index (χ3n) is 2.74. The number of carbonyl (C=O) groups excluding carboxylic acids is 1. The van der Waals surface area contributed by atoms with Crippen LogP contribution < -0.4 is 10.6 Å². The van der Waals surface area contributed by atoms with E-state index in [4.69, 9.17) is 0 Å². The van der Waals surface area contributed by atoms with Crippen molar-refractivity contribution in [2.45, 2.75) is 18.7 Å². The van der Waals surface area contributed by atoms with E-state index in [2.05, 4.69) is 24.5 Å². The molecule has 0 spiro atoms. The molecule has 0 aromatic heterocycles. The largest absolute Gasteiger partial charge is 0.351 e. The number of thioether (sulfide) groups is 1. The van der Waals surface area contributed by atoms with Gasteiger partial charge in [0.1, 0.15) is 0 Å². The van der Waals surface area contributed by atoms with Gasteiger partial charge in [-0.25, -0.2) is 0 Å². The molecule has 0 saturated carbocycles. The van der Waals surface area contributed by atoms with Crippen LogP contribution in [0.3, 0.4) is 0 Å². The van der Waals surface area contributed by atoms with Crippen LogP contribution in [0.2, 0.25) is 0 Å². The van der Waals surface area contributed by atoms with Gasteiger partial charge in [-0.3, -0.25) is 4.79 Å². The summed E-state index contributed by atoms with van der Waals surface area (Å²) in [5.74, 6) is -0.00756. The van der Waals surface area contributed by atoms with Crippen LogP contribution in [0.4, 0.5) is 0 Å². The van der Waals surface area contributed by atoms with Gasteiger partial charge in [0.05, 0.1) is 0 Å². The van der Waals surface area contributed by atoms with Crippen LogP contribution >= 0.6 is 11.8 Å². The summed E-state index contributed by atoms with van der Waals surface area (Å²) in [4.78, 5) is 13.1. The van der Waals surface area contributed by atoms with E-state index >= 15 is 0 Å². The van der Waals surface area contributed by atoms with E-state index in [-0.39, 0.29) is 11.3 Å². The first-order valence-electron chi connectivity index (χ1n) is 6.05. The minimum absolute atomic E-state index is 0.00756. The Morgan fingerprint density at radius 3 is 2.33 bits per heavy atom. The Labute approximate surface area is 114 Å². The van der Waals surface area contributed by atoms with Gasteiger partial charge in [0, 0.05) is 23.5 Å². The molecule has 0 aliphatic heterocycles. The van der Waals surface area contributed by atoms with Gasteiger partial charge in [-0.05, 0) is 43.0 Å². The Hall–Kier alpha value is -1.00.